The molecule has 0 bridgehead atoms. The number of hydrogen-bond acceptors (Lipinski definition) is 6. The number of hydrogen-bond donors (Lipinski definition) is 2. The lowest BCUT2D eigenvalue weighted by Crippen LogP contribution is -2.49. The van der Waals surface area contributed by atoms with Gasteiger partial charge in [-0.05, 0) is 43.7 Å². The van der Waals surface area contributed by atoms with Crippen LogP contribution < -0.4 is 19.9 Å². The lowest BCUT2D eigenvalue weighted by atomic mass is 10.0. The van der Waals surface area contributed by atoms with Crippen molar-refractivity contribution in [1.29, 1.82) is 0 Å². The molecule has 1 aliphatic heterocycles. The van der Waals surface area contributed by atoms with Gasteiger partial charge in [0.1, 0.15) is 30.0 Å². The maximum absolute atomic E-state index is 15.0. The van der Waals surface area contributed by atoms with Crippen LogP contribution in [-0.4, -0.2) is 65.8 Å². The monoisotopic (exact) mass is 528 g/mol. The van der Waals surface area contributed by atoms with Gasteiger partial charge in [-0.1, -0.05) is 12.1 Å². The molecule has 1 fully saturated rings. The Morgan fingerprint density at radius 3 is 2.32 bits per heavy atom. The Bertz CT molecular complexity index is 1100. The quantitative estimate of drug-likeness (QED) is 0.483. The fourth-order valence-corrected chi connectivity index (χ4v) is 3.65. The van der Waals surface area contributed by atoms with Crippen LogP contribution in [-0.2, 0) is 11.2 Å². The predicted octanol–water partition coefficient (Wildman–Crippen LogP) is 3.39. The average molecular weight is 528 g/mol. The molecule has 3 rings (SSSR count). The number of primary amides is 1. The molecule has 37 heavy (non-hydrogen) atoms. The highest BCUT2D eigenvalue weighted by molar-refractivity contribution is 5.95. The smallest absolute Gasteiger partial charge is 0.490 e. The van der Waals surface area contributed by atoms with Crippen LogP contribution in [0.1, 0.15) is 36.2 Å². The van der Waals surface area contributed by atoms with E-state index in [1.165, 1.54) is 35.2 Å². The van der Waals surface area contributed by atoms with Gasteiger partial charge in [-0.25, -0.2) is 4.39 Å². The zero-order valence-electron chi connectivity index (χ0n) is 20.3. The van der Waals surface area contributed by atoms with Crippen molar-refractivity contribution in [3.8, 4) is 17.2 Å². The van der Waals surface area contributed by atoms with Crippen molar-refractivity contribution in [3.05, 3.63) is 53.6 Å². The molecule has 0 radical (unpaired) electrons. The second-order valence-corrected chi connectivity index (χ2v) is 9.29. The molecule has 2 aromatic rings. The number of halogens is 4. The lowest BCUT2D eigenvalue weighted by molar-refractivity contribution is -0.274. The van der Waals surface area contributed by atoms with Crippen molar-refractivity contribution in [1.82, 2.24) is 4.90 Å². The van der Waals surface area contributed by atoms with E-state index < -0.39 is 41.8 Å². The molecule has 0 aromatic heterocycles. The highest BCUT2D eigenvalue weighted by Gasteiger charge is 2.34. The van der Waals surface area contributed by atoms with Crippen molar-refractivity contribution in [2.75, 3.05) is 19.7 Å². The normalized spacial score (nSPS) is 18.3. The van der Waals surface area contributed by atoms with E-state index in [1.807, 2.05) is 0 Å². The van der Waals surface area contributed by atoms with Gasteiger partial charge in [0, 0.05) is 19.0 Å². The summed E-state index contributed by atoms with van der Waals surface area (Å²) in [6.45, 7) is 2.98. The molecule has 3 N–H and O–H groups in total. The number of piperidine rings is 1. The standard InChI is InChI=1S/C25H28F4N2O6/c1-24(2,34)14-35-17-7-8-18(23(30)33)21(12-17)36-20-9-10-31(13-19(20)26)22(32)11-15-3-5-16(6-4-15)37-25(27,28)29/h3-8,12,19-20,34H,9-11,13-14H2,1-2H3,(H2,30,33)/t19-,20+/m1/s1. The van der Waals surface area contributed by atoms with Crippen LogP contribution in [0.15, 0.2) is 42.5 Å². The fraction of sp³-hybridized carbons (Fsp3) is 0.440. The molecule has 202 valence electrons. The third-order valence-electron chi connectivity index (χ3n) is 5.44. The van der Waals surface area contributed by atoms with Crippen LogP contribution in [0.5, 0.6) is 17.2 Å². The molecule has 12 heteroatoms. The summed E-state index contributed by atoms with van der Waals surface area (Å²) in [5, 5.41) is 9.84. The molecule has 1 saturated heterocycles. The number of nitrogens with two attached hydrogens (primary N) is 1. The van der Waals surface area contributed by atoms with E-state index in [0.29, 0.717) is 5.56 Å². The number of amides is 2. The van der Waals surface area contributed by atoms with Gasteiger partial charge >= 0.3 is 6.36 Å². The summed E-state index contributed by atoms with van der Waals surface area (Å²) in [6, 6.07) is 9.12. The minimum atomic E-state index is -4.82. The second kappa shape index (κ2) is 11.2. The number of carbonyl (C=O) groups excluding carboxylic acids is 2. The molecular weight excluding hydrogens is 500 g/mol. The molecule has 0 unspecified atom stereocenters. The summed E-state index contributed by atoms with van der Waals surface area (Å²) in [5.74, 6) is -1.27. The number of rotatable bonds is 9. The van der Waals surface area contributed by atoms with Gasteiger partial charge in [0.15, 0.2) is 6.17 Å². The summed E-state index contributed by atoms with van der Waals surface area (Å²) < 4.78 is 67.0. The molecule has 2 atom stereocenters. The first-order valence-electron chi connectivity index (χ1n) is 11.4. The summed E-state index contributed by atoms with van der Waals surface area (Å²) in [5.41, 5.74) is 4.78. The molecule has 0 spiro atoms. The van der Waals surface area contributed by atoms with Gasteiger partial charge in [-0.15, -0.1) is 13.2 Å². The lowest BCUT2D eigenvalue weighted by Gasteiger charge is -2.35. The number of ether oxygens (including phenoxy) is 3. The zero-order valence-corrected chi connectivity index (χ0v) is 20.3. The SMILES string of the molecule is CC(C)(O)COc1ccc(C(N)=O)c(O[C@H]2CCN(C(=O)Cc3ccc(OC(F)(F)F)cc3)C[C@H]2F)c1. The van der Waals surface area contributed by atoms with Crippen molar-refractivity contribution >= 4 is 11.8 Å². The predicted molar refractivity (Wildman–Crippen MR) is 124 cm³/mol. The van der Waals surface area contributed by atoms with Crippen LogP contribution in [0.2, 0.25) is 0 Å². The van der Waals surface area contributed by atoms with Gasteiger partial charge in [0.05, 0.1) is 24.1 Å². The molecule has 0 saturated carbocycles. The van der Waals surface area contributed by atoms with Gasteiger partial charge < -0.3 is 30.0 Å². The maximum atomic E-state index is 15.0. The molecule has 1 heterocycles. The van der Waals surface area contributed by atoms with E-state index in [2.05, 4.69) is 4.74 Å². The van der Waals surface area contributed by atoms with E-state index in [0.717, 1.165) is 12.1 Å². The second-order valence-electron chi connectivity index (χ2n) is 9.29. The first-order valence-corrected chi connectivity index (χ1v) is 11.4. The number of alkyl halides is 4. The average Bonchev–Trinajstić information content (AvgIpc) is 2.79. The van der Waals surface area contributed by atoms with E-state index >= 15 is 4.39 Å². The Hall–Kier alpha value is -3.54. The largest absolute Gasteiger partial charge is 0.573 e. The van der Waals surface area contributed by atoms with Crippen LogP contribution in [0.25, 0.3) is 0 Å². The number of benzene rings is 2. The number of likely N-dealkylation sites (tertiary alicyclic amines) is 1. The van der Waals surface area contributed by atoms with Crippen molar-refractivity contribution < 1.29 is 46.5 Å². The summed E-state index contributed by atoms with van der Waals surface area (Å²) in [4.78, 5) is 25.8. The fourth-order valence-electron chi connectivity index (χ4n) is 3.65. The van der Waals surface area contributed by atoms with E-state index in [1.54, 1.807) is 13.8 Å². The maximum Gasteiger partial charge on any atom is 0.573 e. The Labute approximate surface area is 210 Å². The summed E-state index contributed by atoms with van der Waals surface area (Å²) in [6.07, 6.45) is -7.37. The van der Waals surface area contributed by atoms with Gasteiger partial charge in [0.25, 0.3) is 5.91 Å². The molecular formula is C25H28F4N2O6. The van der Waals surface area contributed by atoms with Gasteiger partial charge in [-0.3, -0.25) is 9.59 Å². The highest BCUT2D eigenvalue weighted by Crippen LogP contribution is 2.29. The van der Waals surface area contributed by atoms with Gasteiger partial charge in [-0.2, -0.15) is 0 Å². The minimum Gasteiger partial charge on any atom is -0.490 e. The molecule has 1 aliphatic rings. The Morgan fingerprint density at radius 1 is 1.11 bits per heavy atom. The Kier molecular flexibility index (Phi) is 8.52. The van der Waals surface area contributed by atoms with E-state index in [-0.39, 0.29) is 49.6 Å². The topological polar surface area (TPSA) is 111 Å². The van der Waals surface area contributed by atoms with Crippen LogP contribution in [0, 0.1) is 0 Å². The van der Waals surface area contributed by atoms with Crippen LogP contribution in [0.3, 0.4) is 0 Å². The molecule has 2 aromatic carbocycles. The summed E-state index contributed by atoms with van der Waals surface area (Å²) in [7, 11) is 0. The summed E-state index contributed by atoms with van der Waals surface area (Å²) >= 11 is 0. The zero-order chi connectivity index (χ0) is 27.4. The minimum absolute atomic E-state index is 0.0225. The Balaban J connectivity index is 1.60. The van der Waals surface area contributed by atoms with Crippen molar-refractivity contribution in [2.24, 2.45) is 5.73 Å². The number of nitrogens with zero attached hydrogens (tertiary/aromatic N) is 1. The molecule has 0 aliphatic carbocycles. The van der Waals surface area contributed by atoms with Crippen molar-refractivity contribution in [3.63, 3.8) is 0 Å². The van der Waals surface area contributed by atoms with E-state index in [4.69, 9.17) is 15.2 Å². The number of carbonyl (C=O) groups is 2. The first kappa shape index (κ1) is 28.0. The highest BCUT2D eigenvalue weighted by atomic mass is 19.4. The van der Waals surface area contributed by atoms with Crippen LogP contribution in [0.4, 0.5) is 17.6 Å². The third-order valence-corrected chi connectivity index (χ3v) is 5.44. The van der Waals surface area contributed by atoms with Crippen LogP contribution >= 0.6 is 0 Å². The first-order chi connectivity index (χ1) is 17.2. The number of aliphatic hydroxyl groups is 1. The van der Waals surface area contributed by atoms with Gasteiger partial charge in [0.2, 0.25) is 5.91 Å². The molecule has 2 amide bonds. The van der Waals surface area contributed by atoms with Crippen molar-refractivity contribution in [2.45, 2.75) is 50.9 Å². The third kappa shape index (κ3) is 8.52. The molecule has 8 nitrogen and oxygen atoms in total. The van der Waals surface area contributed by atoms with E-state index in [9.17, 15) is 27.9 Å². The Morgan fingerprint density at radius 2 is 1.76 bits per heavy atom.